The zero-order valence-electron chi connectivity index (χ0n) is 18.2. The molecular formula is C23H26F2N4O4. The number of benzene rings is 2. The maximum absolute atomic E-state index is 13.5. The summed E-state index contributed by atoms with van der Waals surface area (Å²) in [4.78, 5) is 28.5. The number of fused-ring (bicyclic) bond motifs is 1. The highest BCUT2D eigenvalue weighted by Crippen LogP contribution is 2.27. The van der Waals surface area contributed by atoms with Crippen LogP contribution < -0.4 is 15.7 Å². The molecule has 4 rings (SSSR count). The Kier molecular flexibility index (Phi) is 6.75. The van der Waals surface area contributed by atoms with Gasteiger partial charge in [-0.15, -0.1) is 0 Å². The Labute approximate surface area is 188 Å². The van der Waals surface area contributed by atoms with Gasteiger partial charge in [0, 0.05) is 38.7 Å². The SMILES string of the molecule is CC(=O)Nc1cc(F)ccc1OC[C@@H](O)CN1CCC(n2c(=O)[nH]c3cc(F)ccc32)CC1. The number of carbonyl (C=O) groups excluding carboxylic acids is 1. The second-order valence-corrected chi connectivity index (χ2v) is 8.28. The molecule has 0 aliphatic carbocycles. The largest absolute Gasteiger partial charge is 0.489 e. The molecule has 0 saturated carbocycles. The van der Waals surface area contributed by atoms with E-state index in [-0.39, 0.29) is 35.7 Å². The van der Waals surface area contributed by atoms with Gasteiger partial charge in [-0.1, -0.05) is 0 Å². The number of hydrogen-bond acceptors (Lipinski definition) is 5. The van der Waals surface area contributed by atoms with E-state index in [0.29, 0.717) is 43.5 Å². The van der Waals surface area contributed by atoms with Crippen LogP contribution in [0.25, 0.3) is 11.0 Å². The lowest BCUT2D eigenvalue weighted by atomic mass is 10.0. The highest BCUT2D eigenvalue weighted by Gasteiger charge is 2.25. The van der Waals surface area contributed by atoms with Crippen LogP contribution in [0.5, 0.6) is 5.75 Å². The van der Waals surface area contributed by atoms with E-state index in [1.807, 2.05) is 0 Å². The number of aliphatic hydroxyl groups is 1. The molecule has 1 fully saturated rings. The van der Waals surface area contributed by atoms with E-state index in [4.69, 9.17) is 4.74 Å². The lowest BCUT2D eigenvalue weighted by Gasteiger charge is -2.33. The number of ether oxygens (including phenoxy) is 1. The van der Waals surface area contributed by atoms with Crippen molar-refractivity contribution in [1.29, 1.82) is 0 Å². The average Bonchev–Trinajstić information content (AvgIpc) is 3.08. The summed E-state index contributed by atoms with van der Waals surface area (Å²) in [6.45, 7) is 3.02. The van der Waals surface area contributed by atoms with Crippen molar-refractivity contribution in [2.24, 2.45) is 0 Å². The highest BCUT2D eigenvalue weighted by atomic mass is 19.1. The number of aromatic nitrogens is 2. The number of likely N-dealkylation sites (tertiary alicyclic amines) is 1. The number of halogens is 2. The van der Waals surface area contributed by atoms with Crippen molar-refractivity contribution in [3.63, 3.8) is 0 Å². The van der Waals surface area contributed by atoms with Crippen molar-refractivity contribution in [2.45, 2.75) is 31.9 Å². The molecule has 1 atom stereocenters. The lowest BCUT2D eigenvalue weighted by Crippen LogP contribution is -2.42. The number of H-pyrrole nitrogens is 1. The van der Waals surface area contributed by atoms with Gasteiger partial charge in [0.2, 0.25) is 5.91 Å². The van der Waals surface area contributed by atoms with Crippen molar-refractivity contribution < 1.29 is 23.4 Å². The van der Waals surface area contributed by atoms with E-state index < -0.39 is 17.7 Å². The van der Waals surface area contributed by atoms with Crippen molar-refractivity contribution in [3.8, 4) is 5.75 Å². The van der Waals surface area contributed by atoms with Crippen LogP contribution in [0.2, 0.25) is 0 Å². The second kappa shape index (κ2) is 9.72. The van der Waals surface area contributed by atoms with Gasteiger partial charge < -0.3 is 25.0 Å². The molecule has 2 aromatic carbocycles. The maximum atomic E-state index is 13.5. The fourth-order valence-electron chi connectivity index (χ4n) is 4.28. The Bertz CT molecular complexity index is 1200. The van der Waals surface area contributed by atoms with Crippen LogP contribution in [0.3, 0.4) is 0 Å². The van der Waals surface area contributed by atoms with E-state index in [9.17, 15) is 23.5 Å². The molecule has 33 heavy (non-hydrogen) atoms. The quantitative estimate of drug-likeness (QED) is 0.504. The van der Waals surface area contributed by atoms with Crippen LogP contribution in [0.15, 0.2) is 41.2 Å². The summed E-state index contributed by atoms with van der Waals surface area (Å²) in [6, 6.07) is 8.05. The molecule has 1 aromatic heterocycles. The first-order valence-corrected chi connectivity index (χ1v) is 10.8. The minimum Gasteiger partial charge on any atom is -0.489 e. The predicted molar refractivity (Wildman–Crippen MR) is 119 cm³/mol. The third-order valence-corrected chi connectivity index (χ3v) is 5.75. The van der Waals surface area contributed by atoms with Crippen molar-refractivity contribution in [2.75, 3.05) is 31.6 Å². The lowest BCUT2D eigenvalue weighted by molar-refractivity contribution is -0.114. The fourth-order valence-corrected chi connectivity index (χ4v) is 4.28. The Balaban J connectivity index is 1.31. The molecule has 2 heterocycles. The number of nitrogens with zero attached hydrogens (tertiary/aromatic N) is 2. The molecule has 0 radical (unpaired) electrons. The Hall–Kier alpha value is -3.24. The van der Waals surface area contributed by atoms with Gasteiger partial charge in [0.1, 0.15) is 30.1 Å². The van der Waals surface area contributed by atoms with Gasteiger partial charge in [0.05, 0.1) is 16.7 Å². The topological polar surface area (TPSA) is 99.6 Å². The number of β-amino-alcohol motifs (C(OH)–C–C–N with tert-alkyl or cyclic N) is 1. The van der Waals surface area contributed by atoms with Crippen molar-refractivity contribution in [1.82, 2.24) is 14.5 Å². The van der Waals surface area contributed by atoms with E-state index >= 15 is 0 Å². The molecule has 1 aliphatic heterocycles. The first kappa shape index (κ1) is 22.9. The monoisotopic (exact) mass is 460 g/mol. The third-order valence-electron chi connectivity index (χ3n) is 5.75. The molecule has 0 bridgehead atoms. The van der Waals surface area contributed by atoms with Gasteiger partial charge in [-0.25, -0.2) is 13.6 Å². The summed E-state index contributed by atoms with van der Waals surface area (Å²) in [5, 5.41) is 12.9. The van der Waals surface area contributed by atoms with E-state index in [1.54, 1.807) is 10.6 Å². The summed E-state index contributed by atoms with van der Waals surface area (Å²) in [5.74, 6) is -0.978. The van der Waals surface area contributed by atoms with E-state index in [2.05, 4.69) is 15.2 Å². The number of hydrogen-bond donors (Lipinski definition) is 3. The zero-order chi connectivity index (χ0) is 23.5. The number of nitrogens with one attached hydrogen (secondary N) is 2. The van der Waals surface area contributed by atoms with Crippen LogP contribution in [-0.4, -0.2) is 57.8 Å². The molecule has 8 nitrogen and oxygen atoms in total. The van der Waals surface area contributed by atoms with Crippen LogP contribution in [0.1, 0.15) is 25.8 Å². The van der Waals surface area contributed by atoms with Gasteiger partial charge in [-0.3, -0.25) is 9.36 Å². The van der Waals surface area contributed by atoms with Gasteiger partial charge in [-0.2, -0.15) is 0 Å². The molecule has 3 aromatic rings. The normalized spacial score (nSPS) is 16.1. The third kappa shape index (κ3) is 5.40. The highest BCUT2D eigenvalue weighted by molar-refractivity contribution is 5.90. The summed E-state index contributed by atoms with van der Waals surface area (Å²) in [7, 11) is 0. The number of imidazole rings is 1. The van der Waals surface area contributed by atoms with Crippen molar-refractivity contribution in [3.05, 3.63) is 58.5 Å². The number of amides is 1. The molecule has 10 heteroatoms. The number of rotatable bonds is 7. The number of aromatic amines is 1. The Morgan fingerprint density at radius 3 is 2.64 bits per heavy atom. The van der Waals surface area contributed by atoms with E-state index in [0.717, 1.165) is 6.07 Å². The predicted octanol–water partition coefficient (Wildman–Crippen LogP) is 2.64. The van der Waals surface area contributed by atoms with Gasteiger partial charge >= 0.3 is 5.69 Å². The maximum Gasteiger partial charge on any atom is 0.326 e. The Morgan fingerprint density at radius 2 is 1.91 bits per heavy atom. The average molecular weight is 460 g/mol. The fraction of sp³-hybridized carbons (Fsp3) is 0.391. The van der Waals surface area contributed by atoms with Gasteiger partial charge in [0.15, 0.2) is 0 Å². The van der Waals surface area contributed by atoms with Crippen LogP contribution in [-0.2, 0) is 4.79 Å². The minimum atomic E-state index is -0.796. The molecule has 176 valence electrons. The van der Waals surface area contributed by atoms with Gasteiger partial charge in [0.25, 0.3) is 0 Å². The Morgan fingerprint density at radius 1 is 1.21 bits per heavy atom. The van der Waals surface area contributed by atoms with Gasteiger partial charge in [-0.05, 0) is 43.2 Å². The van der Waals surface area contributed by atoms with Crippen LogP contribution in [0, 0.1) is 11.6 Å². The van der Waals surface area contributed by atoms with Crippen molar-refractivity contribution >= 4 is 22.6 Å². The number of anilines is 1. The number of carbonyl (C=O) groups is 1. The van der Waals surface area contributed by atoms with Crippen LogP contribution >= 0.6 is 0 Å². The molecular weight excluding hydrogens is 434 g/mol. The van der Waals surface area contributed by atoms with Crippen LogP contribution in [0.4, 0.5) is 14.5 Å². The number of piperidine rings is 1. The smallest absolute Gasteiger partial charge is 0.326 e. The summed E-state index contributed by atoms with van der Waals surface area (Å²) in [5.41, 5.74) is 1.12. The molecule has 1 amide bonds. The second-order valence-electron chi connectivity index (χ2n) is 8.28. The molecule has 0 unspecified atom stereocenters. The molecule has 0 spiro atoms. The standard InChI is InChI=1S/C23H26F2N4O4/c1-14(30)26-20-11-16(25)3-5-22(20)33-13-18(31)12-28-8-6-17(7-9-28)29-21-4-2-15(24)10-19(21)27-23(29)32/h2-5,10-11,17-18,31H,6-9,12-13H2,1H3,(H,26,30)(H,27,32)/t18-/m0/s1. The molecule has 1 aliphatic rings. The summed E-state index contributed by atoms with van der Waals surface area (Å²) < 4.78 is 34.2. The summed E-state index contributed by atoms with van der Waals surface area (Å²) in [6.07, 6.45) is 0.626. The minimum absolute atomic E-state index is 0.0132. The molecule has 1 saturated heterocycles. The number of aliphatic hydroxyl groups excluding tert-OH is 1. The zero-order valence-corrected chi connectivity index (χ0v) is 18.2. The first-order valence-electron chi connectivity index (χ1n) is 10.8. The van der Waals surface area contributed by atoms with E-state index in [1.165, 1.54) is 31.2 Å². The summed E-state index contributed by atoms with van der Waals surface area (Å²) >= 11 is 0. The first-order chi connectivity index (χ1) is 15.8. The molecule has 3 N–H and O–H groups in total.